The van der Waals surface area contributed by atoms with Gasteiger partial charge in [0.25, 0.3) is 0 Å². The van der Waals surface area contributed by atoms with Crippen LogP contribution in [0.25, 0.3) is 0 Å². The van der Waals surface area contributed by atoms with Crippen molar-refractivity contribution in [1.29, 1.82) is 0 Å². The summed E-state index contributed by atoms with van der Waals surface area (Å²) in [5, 5.41) is 3.39. The molecule has 1 heterocycles. The first-order valence-corrected chi connectivity index (χ1v) is 8.44. The molecule has 1 fully saturated rings. The first kappa shape index (κ1) is 17.1. The Morgan fingerprint density at radius 1 is 1.05 bits per heavy atom. The summed E-state index contributed by atoms with van der Waals surface area (Å²) >= 11 is 0. The minimum Gasteiger partial charge on any atom is -0.491 e. The van der Waals surface area contributed by atoms with Gasteiger partial charge in [-0.3, -0.25) is 0 Å². The second-order valence-electron chi connectivity index (χ2n) is 6.44. The van der Waals surface area contributed by atoms with E-state index in [0.717, 1.165) is 50.6 Å². The van der Waals surface area contributed by atoms with Crippen molar-refractivity contribution in [2.24, 2.45) is 0 Å². The lowest BCUT2D eigenvalue weighted by molar-refractivity contribution is 0.223. The van der Waals surface area contributed by atoms with E-state index in [2.05, 4.69) is 36.2 Å². The molecule has 1 aromatic rings. The molecule has 2 rings (SSSR count). The molecule has 4 heteroatoms. The molecule has 0 aromatic heterocycles. The van der Waals surface area contributed by atoms with E-state index in [1.54, 1.807) is 0 Å². The molecule has 1 aliphatic rings. The molecule has 1 N–H and O–H groups in total. The lowest BCUT2D eigenvalue weighted by Gasteiger charge is -2.27. The van der Waals surface area contributed by atoms with Crippen LogP contribution in [0.3, 0.4) is 0 Å². The molecule has 0 radical (unpaired) electrons. The first-order valence-electron chi connectivity index (χ1n) is 8.44. The minimum absolute atomic E-state index is 0.173. The van der Waals surface area contributed by atoms with Crippen LogP contribution in [0, 0.1) is 0 Å². The summed E-state index contributed by atoms with van der Waals surface area (Å²) in [7, 11) is 0. The van der Waals surface area contributed by atoms with E-state index in [1.807, 2.05) is 19.9 Å². The molecule has 1 aromatic carbocycles. The third-order valence-corrected chi connectivity index (χ3v) is 3.68. The van der Waals surface area contributed by atoms with Crippen LogP contribution in [-0.2, 0) is 6.42 Å². The normalized spacial score (nSPS) is 16.3. The van der Waals surface area contributed by atoms with Gasteiger partial charge in [0, 0.05) is 38.8 Å². The molecule has 0 bridgehead atoms. The summed E-state index contributed by atoms with van der Waals surface area (Å²) in [5.41, 5.74) is 1.27. The van der Waals surface area contributed by atoms with Gasteiger partial charge in [-0.2, -0.15) is 0 Å². The van der Waals surface area contributed by atoms with Crippen LogP contribution in [0.4, 0.5) is 0 Å². The van der Waals surface area contributed by atoms with Crippen molar-refractivity contribution in [3.05, 3.63) is 23.8 Å². The van der Waals surface area contributed by atoms with Gasteiger partial charge in [0.1, 0.15) is 11.5 Å². The Labute approximate surface area is 134 Å². The Morgan fingerprint density at radius 3 is 2.36 bits per heavy atom. The predicted octanol–water partition coefficient (Wildman–Crippen LogP) is 2.71. The van der Waals surface area contributed by atoms with Gasteiger partial charge < -0.3 is 19.7 Å². The number of rotatable bonds is 7. The van der Waals surface area contributed by atoms with E-state index in [0.29, 0.717) is 0 Å². The van der Waals surface area contributed by atoms with Gasteiger partial charge in [-0.1, -0.05) is 6.07 Å². The Morgan fingerprint density at radius 2 is 1.73 bits per heavy atom. The van der Waals surface area contributed by atoms with Gasteiger partial charge in [-0.25, -0.2) is 0 Å². The number of ether oxygens (including phenoxy) is 2. The van der Waals surface area contributed by atoms with E-state index in [-0.39, 0.29) is 12.2 Å². The zero-order chi connectivity index (χ0) is 15.9. The molecule has 1 aliphatic heterocycles. The van der Waals surface area contributed by atoms with E-state index >= 15 is 0 Å². The fourth-order valence-electron chi connectivity index (χ4n) is 2.66. The quantitative estimate of drug-likeness (QED) is 0.840. The SMILES string of the molecule is CC(C)Oc1ccc(CCN2CCNCC2)c(OC(C)C)c1. The molecule has 0 atom stereocenters. The summed E-state index contributed by atoms with van der Waals surface area (Å²) in [6, 6.07) is 6.24. The maximum Gasteiger partial charge on any atom is 0.126 e. The molecule has 0 unspecified atom stereocenters. The molecule has 0 saturated carbocycles. The van der Waals surface area contributed by atoms with E-state index < -0.39 is 0 Å². The van der Waals surface area contributed by atoms with Gasteiger partial charge in [-0.05, 0) is 45.7 Å². The van der Waals surface area contributed by atoms with E-state index in [4.69, 9.17) is 9.47 Å². The van der Waals surface area contributed by atoms with Gasteiger partial charge in [0.05, 0.1) is 12.2 Å². The van der Waals surface area contributed by atoms with Crippen molar-refractivity contribution in [3.63, 3.8) is 0 Å². The number of piperazine rings is 1. The zero-order valence-electron chi connectivity index (χ0n) is 14.4. The molecule has 0 aliphatic carbocycles. The van der Waals surface area contributed by atoms with Crippen LogP contribution in [0.1, 0.15) is 33.3 Å². The number of benzene rings is 1. The predicted molar refractivity (Wildman–Crippen MR) is 91.0 cm³/mol. The first-order chi connectivity index (χ1) is 10.5. The Kier molecular flexibility index (Phi) is 6.52. The molecule has 124 valence electrons. The number of hydrogen-bond donors (Lipinski definition) is 1. The topological polar surface area (TPSA) is 33.7 Å². The monoisotopic (exact) mass is 306 g/mol. The highest BCUT2D eigenvalue weighted by Gasteiger charge is 2.13. The minimum atomic E-state index is 0.173. The van der Waals surface area contributed by atoms with Crippen molar-refractivity contribution in [2.75, 3.05) is 32.7 Å². The van der Waals surface area contributed by atoms with Crippen molar-refractivity contribution in [2.45, 2.75) is 46.3 Å². The average Bonchev–Trinajstić information content (AvgIpc) is 2.46. The Bertz CT molecular complexity index is 454. The molecule has 4 nitrogen and oxygen atoms in total. The van der Waals surface area contributed by atoms with Crippen molar-refractivity contribution < 1.29 is 9.47 Å². The Hall–Kier alpha value is -1.26. The van der Waals surface area contributed by atoms with E-state index in [9.17, 15) is 0 Å². The number of nitrogens with one attached hydrogen (secondary N) is 1. The highest BCUT2D eigenvalue weighted by molar-refractivity contribution is 5.41. The highest BCUT2D eigenvalue weighted by Crippen LogP contribution is 2.27. The molecule has 22 heavy (non-hydrogen) atoms. The summed E-state index contributed by atoms with van der Waals surface area (Å²) in [6.45, 7) is 13.8. The van der Waals surface area contributed by atoms with E-state index in [1.165, 1.54) is 5.56 Å². The number of nitrogens with zero attached hydrogens (tertiary/aromatic N) is 1. The lowest BCUT2D eigenvalue weighted by Crippen LogP contribution is -2.44. The summed E-state index contributed by atoms with van der Waals surface area (Å²) in [5.74, 6) is 1.85. The molecule has 1 saturated heterocycles. The van der Waals surface area contributed by atoms with Crippen LogP contribution in [0.2, 0.25) is 0 Å². The smallest absolute Gasteiger partial charge is 0.126 e. The lowest BCUT2D eigenvalue weighted by atomic mass is 10.1. The molecular weight excluding hydrogens is 276 g/mol. The Balaban J connectivity index is 2.03. The van der Waals surface area contributed by atoms with Crippen molar-refractivity contribution >= 4 is 0 Å². The third-order valence-electron chi connectivity index (χ3n) is 3.68. The van der Waals surface area contributed by atoms with Gasteiger partial charge in [0.15, 0.2) is 0 Å². The maximum atomic E-state index is 6.00. The second kappa shape index (κ2) is 8.39. The van der Waals surface area contributed by atoms with Gasteiger partial charge in [-0.15, -0.1) is 0 Å². The highest BCUT2D eigenvalue weighted by atomic mass is 16.5. The van der Waals surface area contributed by atoms with Crippen LogP contribution in [0.5, 0.6) is 11.5 Å². The van der Waals surface area contributed by atoms with Crippen molar-refractivity contribution in [3.8, 4) is 11.5 Å². The average molecular weight is 306 g/mol. The van der Waals surface area contributed by atoms with Crippen LogP contribution >= 0.6 is 0 Å². The largest absolute Gasteiger partial charge is 0.491 e. The van der Waals surface area contributed by atoms with Gasteiger partial charge >= 0.3 is 0 Å². The van der Waals surface area contributed by atoms with Crippen LogP contribution in [-0.4, -0.2) is 49.8 Å². The summed E-state index contributed by atoms with van der Waals surface area (Å²) in [6.07, 6.45) is 1.37. The standard InChI is InChI=1S/C18H30N2O2/c1-14(2)21-17-6-5-16(18(13-17)22-15(3)4)7-10-20-11-8-19-9-12-20/h5-6,13-15,19H,7-12H2,1-4H3. The maximum absolute atomic E-state index is 6.00. The fraction of sp³-hybridized carbons (Fsp3) is 0.667. The summed E-state index contributed by atoms with van der Waals surface area (Å²) in [4.78, 5) is 2.51. The second-order valence-corrected chi connectivity index (χ2v) is 6.44. The fourth-order valence-corrected chi connectivity index (χ4v) is 2.66. The van der Waals surface area contributed by atoms with Crippen LogP contribution < -0.4 is 14.8 Å². The van der Waals surface area contributed by atoms with Gasteiger partial charge in [0.2, 0.25) is 0 Å². The summed E-state index contributed by atoms with van der Waals surface area (Å²) < 4.78 is 11.8. The van der Waals surface area contributed by atoms with Crippen LogP contribution in [0.15, 0.2) is 18.2 Å². The molecule has 0 spiro atoms. The number of hydrogen-bond acceptors (Lipinski definition) is 4. The molecule has 0 amide bonds. The zero-order valence-corrected chi connectivity index (χ0v) is 14.4. The van der Waals surface area contributed by atoms with Crippen molar-refractivity contribution in [1.82, 2.24) is 10.2 Å². The molecular formula is C18H30N2O2. The third kappa shape index (κ3) is 5.50.